The predicted octanol–water partition coefficient (Wildman–Crippen LogP) is 2.99. The molecule has 7 nitrogen and oxygen atoms in total. The van der Waals surface area contributed by atoms with Crippen LogP contribution in [0.5, 0.6) is 5.75 Å². The van der Waals surface area contributed by atoms with Crippen LogP contribution in [0.25, 0.3) is 0 Å². The molecule has 1 amide bonds. The Hall–Kier alpha value is -2.74. The quantitative estimate of drug-likeness (QED) is 0.735. The van der Waals surface area contributed by atoms with Crippen LogP contribution in [0.2, 0.25) is 0 Å². The Morgan fingerprint density at radius 1 is 1.04 bits per heavy atom. The van der Waals surface area contributed by atoms with Crippen LogP contribution in [0.15, 0.2) is 41.3 Å². The lowest BCUT2D eigenvalue weighted by atomic mass is 10.1. The van der Waals surface area contributed by atoms with Crippen LogP contribution in [-0.2, 0) is 14.8 Å². The summed E-state index contributed by atoms with van der Waals surface area (Å²) in [5.74, 6) is 0.135. The van der Waals surface area contributed by atoms with Crippen molar-refractivity contribution < 1.29 is 23.1 Å². The largest absolute Gasteiger partial charge is 0.507 e. The van der Waals surface area contributed by atoms with Gasteiger partial charge in [0.2, 0.25) is 0 Å². The first-order chi connectivity index (χ1) is 11.2. The second-order valence-electron chi connectivity index (χ2n) is 5.21. The molecular weight excluding hydrogens is 332 g/mol. The number of rotatable bonds is 4. The molecule has 0 heterocycles. The van der Waals surface area contributed by atoms with E-state index in [1.54, 1.807) is 26.0 Å². The third kappa shape index (κ3) is 3.96. The van der Waals surface area contributed by atoms with Crippen molar-refractivity contribution in [3.63, 3.8) is 0 Å². The van der Waals surface area contributed by atoms with E-state index in [4.69, 9.17) is 0 Å². The van der Waals surface area contributed by atoms with Gasteiger partial charge in [0.15, 0.2) is 0 Å². The van der Waals surface area contributed by atoms with E-state index in [0.717, 1.165) is 0 Å². The second kappa shape index (κ2) is 6.79. The summed E-state index contributed by atoms with van der Waals surface area (Å²) in [5, 5.41) is 12.2. The molecule has 24 heavy (non-hydrogen) atoms. The number of carbonyl (C=O) groups is 1. The number of benzene rings is 2. The van der Waals surface area contributed by atoms with E-state index in [-0.39, 0.29) is 10.6 Å². The van der Waals surface area contributed by atoms with Crippen LogP contribution in [0.4, 0.5) is 16.2 Å². The number of carbonyl (C=O) groups excluding carboxylic acids is 1. The maximum atomic E-state index is 12.4. The normalized spacial score (nSPS) is 11.0. The Balaban J connectivity index is 2.23. The van der Waals surface area contributed by atoms with Crippen LogP contribution in [0.3, 0.4) is 0 Å². The van der Waals surface area contributed by atoms with E-state index in [1.165, 1.54) is 31.4 Å². The zero-order chi connectivity index (χ0) is 17.9. The number of phenolic OH excluding ortho intramolecular Hbond substituents is 1. The van der Waals surface area contributed by atoms with Crippen LogP contribution in [0.1, 0.15) is 11.1 Å². The number of phenols is 1. The maximum absolute atomic E-state index is 12.4. The molecule has 0 bridgehead atoms. The van der Waals surface area contributed by atoms with Crippen LogP contribution in [-0.4, -0.2) is 26.7 Å². The van der Waals surface area contributed by atoms with E-state index < -0.39 is 16.1 Å². The number of amides is 1. The van der Waals surface area contributed by atoms with Gasteiger partial charge < -0.3 is 9.84 Å². The first-order valence-corrected chi connectivity index (χ1v) is 8.49. The van der Waals surface area contributed by atoms with E-state index in [1.807, 2.05) is 0 Å². The van der Waals surface area contributed by atoms with Gasteiger partial charge in [0, 0.05) is 11.4 Å². The number of anilines is 2. The zero-order valence-electron chi connectivity index (χ0n) is 13.5. The molecule has 0 saturated heterocycles. The van der Waals surface area contributed by atoms with Gasteiger partial charge in [-0.15, -0.1) is 0 Å². The van der Waals surface area contributed by atoms with E-state index >= 15 is 0 Å². The van der Waals surface area contributed by atoms with Gasteiger partial charge in [-0.1, -0.05) is 0 Å². The van der Waals surface area contributed by atoms with Gasteiger partial charge in [-0.2, -0.15) is 0 Å². The summed E-state index contributed by atoms with van der Waals surface area (Å²) in [6.07, 6.45) is -0.640. The molecule has 2 aromatic rings. The highest BCUT2D eigenvalue weighted by Crippen LogP contribution is 2.27. The highest BCUT2D eigenvalue weighted by Gasteiger charge is 2.15. The van der Waals surface area contributed by atoms with Crippen LogP contribution in [0, 0.1) is 13.8 Å². The standard InChI is InChI=1S/C16H18N2O5S/c1-10-8-13(9-11(2)15(10)19)18-24(21,22)14-6-4-12(5-7-14)17-16(20)23-3/h4-9,18-19H,1-3H3,(H,17,20). The summed E-state index contributed by atoms with van der Waals surface area (Å²) < 4.78 is 31.8. The molecule has 2 rings (SSSR count). The zero-order valence-corrected chi connectivity index (χ0v) is 14.3. The van der Waals surface area contributed by atoms with Crippen molar-refractivity contribution >= 4 is 27.5 Å². The number of sulfonamides is 1. The Morgan fingerprint density at radius 3 is 2.08 bits per heavy atom. The summed E-state index contributed by atoms with van der Waals surface area (Å²) in [6.45, 7) is 3.38. The molecule has 3 N–H and O–H groups in total. The summed E-state index contributed by atoms with van der Waals surface area (Å²) in [5.41, 5.74) is 1.92. The first kappa shape index (κ1) is 17.6. The number of nitrogens with one attached hydrogen (secondary N) is 2. The topological polar surface area (TPSA) is 105 Å². The van der Waals surface area contributed by atoms with Crippen LogP contribution < -0.4 is 10.0 Å². The van der Waals surface area contributed by atoms with Crippen LogP contribution >= 0.6 is 0 Å². The molecule has 0 unspecified atom stereocenters. The lowest BCUT2D eigenvalue weighted by molar-refractivity contribution is 0.187. The molecule has 8 heteroatoms. The molecule has 0 atom stereocenters. The van der Waals surface area contributed by atoms with Crippen molar-refractivity contribution in [2.24, 2.45) is 0 Å². The van der Waals surface area contributed by atoms with Crippen molar-refractivity contribution in [2.75, 3.05) is 17.1 Å². The summed E-state index contributed by atoms with van der Waals surface area (Å²) in [4.78, 5) is 11.2. The minimum absolute atomic E-state index is 0.0429. The molecule has 0 saturated carbocycles. The Kier molecular flexibility index (Phi) is 4.99. The van der Waals surface area contributed by atoms with Gasteiger partial charge >= 0.3 is 6.09 Å². The van der Waals surface area contributed by atoms with Gasteiger partial charge in [0.05, 0.1) is 12.0 Å². The fourth-order valence-electron chi connectivity index (χ4n) is 2.12. The van der Waals surface area contributed by atoms with E-state index in [0.29, 0.717) is 22.5 Å². The number of methoxy groups -OCH3 is 1. The van der Waals surface area contributed by atoms with Crippen molar-refractivity contribution in [2.45, 2.75) is 18.7 Å². The lowest BCUT2D eigenvalue weighted by Gasteiger charge is -2.12. The van der Waals surface area contributed by atoms with Gasteiger partial charge in [0.1, 0.15) is 5.75 Å². The van der Waals surface area contributed by atoms with Gasteiger partial charge in [-0.05, 0) is 61.4 Å². The maximum Gasteiger partial charge on any atom is 0.411 e. The summed E-state index contributed by atoms with van der Waals surface area (Å²) in [6, 6.07) is 8.75. The lowest BCUT2D eigenvalue weighted by Crippen LogP contribution is -2.14. The molecule has 0 spiro atoms. The molecule has 0 radical (unpaired) electrons. The van der Waals surface area contributed by atoms with E-state index in [9.17, 15) is 18.3 Å². The van der Waals surface area contributed by atoms with Crippen molar-refractivity contribution in [1.29, 1.82) is 0 Å². The molecule has 128 valence electrons. The Bertz CT molecular complexity index is 838. The third-order valence-electron chi connectivity index (χ3n) is 3.34. The number of aryl methyl sites for hydroxylation is 2. The molecule has 0 fully saturated rings. The van der Waals surface area contributed by atoms with Crippen molar-refractivity contribution in [3.8, 4) is 5.75 Å². The fraction of sp³-hybridized carbons (Fsp3) is 0.188. The number of hydrogen-bond donors (Lipinski definition) is 3. The highest BCUT2D eigenvalue weighted by molar-refractivity contribution is 7.92. The minimum Gasteiger partial charge on any atom is -0.507 e. The number of hydrogen-bond acceptors (Lipinski definition) is 5. The molecule has 0 aromatic heterocycles. The third-order valence-corrected chi connectivity index (χ3v) is 4.74. The molecular formula is C16H18N2O5S. The van der Waals surface area contributed by atoms with Gasteiger partial charge in [-0.25, -0.2) is 13.2 Å². The molecule has 0 aliphatic rings. The number of ether oxygens (including phenoxy) is 1. The van der Waals surface area contributed by atoms with Gasteiger partial charge in [-0.3, -0.25) is 10.0 Å². The smallest absolute Gasteiger partial charge is 0.411 e. The average Bonchev–Trinajstić information content (AvgIpc) is 2.52. The van der Waals surface area contributed by atoms with Gasteiger partial charge in [0.25, 0.3) is 10.0 Å². The first-order valence-electron chi connectivity index (χ1n) is 7.01. The molecule has 0 aliphatic heterocycles. The summed E-state index contributed by atoms with van der Waals surface area (Å²) in [7, 11) is -2.55. The molecule has 0 aliphatic carbocycles. The fourth-order valence-corrected chi connectivity index (χ4v) is 3.16. The number of aromatic hydroxyl groups is 1. The predicted molar refractivity (Wildman–Crippen MR) is 90.9 cm³/mol. The van der Waals surface area contributed by atoms with E-state index in [2.05, 4.69) is 14.8 Å². The average molecular weight is 350 g/mol. The Morgan fingerprint density at radius 2 is 1.58 bits per heavy atom. The molecule has 2 aromatic carbocycles. The monoisotopic (exact) mass is 350 g/mol. The minimum atomic E-state index is -3.79. The SMILES string of the molecule is COC(=O)Nc1ccc(S(=O)(=O)Nc2cc(C)c(O)c(C)c2)cc1. The highest BCUT2D eigenvalue weighted by atomic mass is 32.2. The second-order valence-corrected chi connectivity index (χ2v) is 6.89. The Labute approximate surface area is 140 Å². The van der Waals surface area contributed by atoms with Crippen molar-refractivity contribution in [3.05, 3.63) is 47.5 Å². The summed E-state index contributed by atoms with van der Waals surface area (Å²) >= 11 is 0. The van der Waals surface area contributed by atoms with Crippen molar-refractivity contribution in [1.82, 2.24) is 0 Å².